The fourth-order valence-corrected chi connectivity index (χ4v) is 4.21. The van der Waals surface area contributed by atoms with E-state index in [4.69, 9.17) is 23.2 Å². The van der Waals surface area contributed by atoms with E-state index in [1.54, 1.807) is 17.6 Å². The van der Waals surface area contributed by atoms with Crippen molar-refractivity contribution in [2.45, 2.75) is 24.7 Å². The number of benzene rings is 1. The largest absolute Gasteiger partial charge is 0.252 e. The summed E-state index contributed by atoms with van der Waals surface area (Å²) >= 11 is 12.0. The number of rotatable bonds is 6. The molecular formula is C15H15Cl2N5O2S. The predicted octanol–water partition coefficient (Wildman–Crippen LogP) is 2.65. The van der Waals surface area contributed by atoms with Crippen LogP contribution in [0.15, 0.2) is 35.7 Å². The Kier molecular flexibility index (Phi) is 5.24. The van der Waals surface area contributed by atoms with Crippen LogP contribution in [0.25, 0.3) is 5.78 Å². The van der Waals surface area contributed by atoms with E-state index in [0.717, 1.165) is 5.56 Å². The molecule has 0 saturated carbocycles. The Bertz CT molecular complexity index is 1020. The van der Waals surface area contributed by atoms with E-state index >= 15 is 0 Å². The van der Waals surface area contributed by atoms with Crippen LogP contribution in [0, 0.1) is 6.92 Å². The van der Waals surface area contributed by atoms with E-state index in [0.29, 0.717) is 29.2 Å². The van der Waals surface area contributed by atoms with Crippen LogP contribution < -0.4 is 4.72 Å². The smallest absolute Gasteiger partial charge is 0.219 e. The molecule has 0 aliphatic rings. The molecule has 0 bridgehead atoms. The number of hydrogen-bond acceptors (Lipinski definition) is 5. The first kappa shape index (κ1) is 18.1. The van der Waals surface area contributed by atoms with Crippen LogP contribution in [0.2, 0.25) is 10.0 Å². The molecule has 3 rings (SSSR count). The normalized spacial score (nSPS) is 12.0. The molecule has 0 saturated heterocycles. The molecule has 3 aromatic rings. The maximum atomic E-state index is 12.4. The molecule has 25 heavy (non-hydrogen) atoms. The topological polar surface area (TPSA) is 89.2 Å². The Hall–Kier alpha value is -1.74. The first-order valence-electron chi connectivity index (χ1n) is 7.46. The minimum Gasteiger partial charge on any atom is -0.219 e. The van der Waals surface area contributed by atoms with Crippen molar-refractivity contribution >= 4 is 39.0 Å². The molecule has 0 radical (unpaired) electrons. The van der Waals surface area contributed by atoms with Gasteiger partial charge in [-0.05, 0) is 43.0 Å². The second-order valence-electron chi connectivity index (χ2n) is 5.50. The first-order chi connectivity index (χ1) is 11.9. The molecule has 0 spiro atoms. The lowest BCUT2D eigenvalue weighted by Gasteiger charge is -2.10. The molecule has 0 amide bonds. The molecule has 0 aliphatic carbocycles. The summed E-state index contributed by atoms with van der Waals surface area (Å²) in [5, 5.41) is 4.55. The summed E-state index contributed by atoms with van der Waals surface area (Å²) in [7, 11) is -3.69. The third kappa shape index (κ3) is 4.09. The monoisotopic (exact) mass is 399 g/mol. The van der Waals surface area contributed by atoms with Gasteiger partial charge in [0.25, 0.3) is 5.78 Å². The summed E-state index contributed by atoms with van der Waals surface area (Å²) in [6, 6.07) is 2.90. The maximum absolute atomic E-state index is 12.4. The van der Waals surface area contributed by atoms with Crippen LogP contribution in [0.1, 0.15) is 17.5 Å². The molecule has 1 aromatic carbocycles. The van der Waals surface area contributed by atoms with E-state index in [2.05, 4.69) is 19.8 Å². The van der Waals surface area contributed by atoms with Crippen molar-refractivity contribution in [3.8, 4) is 0 Å². The Morgan fingerprint density at radius 3 is 2.80 bits per heavy atom. The van der Waals surface area contributed by atoms with Crippen molar-refractivity contribution in [2.24, 2.45) is 0 Å². The van der Waals surface area contributed by atoms with Crippen molar-refractivity contribution in [3.63, 3.8) is 0 Å². The van der Waals surface area contributed by atoms with Crippen LogP contribution in [0.5, 0.6) is 0 Å². The van der Waals surface area contributed by atoms with E-state index in [9.17, 15) is 8.42 Å². The first-order valence-corrected chi connectivity index (χ1v) is 9.70. The number of hydrogen-bond donors (Lipinski definition) is 1. The third-order valence-corrected chi connectivity index (χ3v) is 5.96. The molecule has 132 valence electrons. The SMILES string of the molecule is Cc1cc(S(=O)(=O)NCCCc2cnc3ncnn3c2)c(Cl)cc1Cl. The molecule has 2 heterocycles. The van der Waals surface area contributed by atoms with Crippen LogP contribution in [-0.2, 0) is 16.4 Å². The number of aryl methyl sites for hydroxylation is 2. The lowest BCUT2D eigenvalue weighted by atomic mass is 10.2. The molecule has 0 unspecified atom stereocenters. The van der Waals surface area contributed by atoms with E-state index < -0.39 is 10.0 Å². The Labute approximate surface area is 155 Å². The Balaban J connectivity index is 1.61. The highest BCUT2D eigenvalue weighted by Crippen LogP contribution is 2.28. The molecule has 7 nitrogen and oxygen atoms in total. The van der Waals surface area contributed by atoms with Gasteiger partial charge >= 0.3 is 0 Å². The lowest BCUT2D eigenvalue weighted by Crippen LogP contribution is -2.25. The standard InChI is InChI=1S/C15H15Cl2N5O2S/c1-10-5-14(13(17)6-12(10)16)25(23,24)21-4-2-3-11-7-18-15-19-9-20-22(15)8-11/h5-9,21H,2-4H2,1H3. The van der Waals surface area contributed by atoms with Gasteiger partial charge in [-0.3, -0.25) is 0 Å². The van der Waals surface area contributed by atoms with Gasteiger partial charge in [-0.1, -0.05) is 23.2 Å². The quantitative estimate of drug-likeness (QED) is 0.643. The van der Waals surface area contributed by atoms with Crippen LogP contribution in [-0.4, -0.2) is 34.5 Å². The summed E-state index contributed by atoms with van der Waals surface area (Å²) in [6.07, 6.45) is 6.21. The predicted molar refractivity (Wildman–Crippen MR) is 95.5 cm³/mol. The third-order valence-electron chi connectivity index (χ3n) is 3.63. The summed E-state index contributed by atoms with van der Waals surface area (Å²) in [5.41, 5.74) is 1.59. The van der Waals surface area contributed by atoms with Crippen molar-refractivity contribution in [1.82, 2.24) is 24.3 Å². The van der Waals surface area contributed by atoms with Crippen LogP contribution in [0.4, 0.5) is 0 Å². The summed E-state index contributed by atoms with van der Waals surface area (Å²) in [5.74, 6) is 0.525. The lowest BCUT2D eigenvalue weighted by molar-refractivity contribution is 0.579. The van der Waals surface area contributed by atoms with Crippen molar-refractivity contribution in [2.75, 3.05) is 6.54 Å². The van der Waals surface area contributed by atoms with Gasteiger partial charge in [0.2, 0.25) is 10.0 Å². The number of sulfonamides is 1. The fraction of sp³-hybridized carbons (Fsp3) is 0.267. The fourth-order valence-electron chi connectivity index (χ4n) is 2.30. The van der Waals surface area contributed by atoms with Gasteiger partial charge in [-0.2, -0.15) is 10.1 Å². The second kappa shape index (κ2) is 7.25. The highest BCUT2D eigenvalue weighted by molar-refractivity contribution is 7.89. The van der Waals surface area contributed by atoms with Gasteiger partial charge < -0.3 is 0 Å². The minimum absolute atomic E-state index is 0.0294. The number of aromatic nitrogens is 4. The van der Waals surface area contributed by atoms with Gasteiger partial charge in [0, 0.05) is 24.0 Å². The van der Waals surface area contributed by atoms with Gasteiger partial charge in [-0.15, -0.1) is 0 Å². The molecule has 10 heteroatoms. The van der Waals surface area contributed by atoms with Crippen LogP contribution >= 0.6 is 23.2 Å². The summed E-state index contributed by atoms with van der Waals surface area (Å²) in [4.78, 5) is 8.17. The van der Waals surface area contributed by atoms with Gasteiger partial charge in [0.05, 0.1) is 5.02 Å². The Morgan fingerprint density at radius 2 is 2.00 bits per heavy atom. The zero-order chi connectivity index (χ0) is 18.0. The molecule has 1 N–H and O–H groups in total. The number of halogens is 2. The number of nitrogens with zero attached hydrogens (tertiary/aromatic N) is 4. The van der Waals surface area contributed by atoms with Crippen molar-refractivity contribution < 1.29 is 8.42 Å². The van der Waals surface area contributed by atoms with E-state index in [1.807, 2.05) is 6.20 Å². The van der Waals surface area contributed by atoms with Gasteiger partial charge in [0.15, 0.2) is 0 Å². The molecular weight excluding hydrogens is 385 g/mol. The molecule has 0 fully saturated rings. The van der Waals surface area contributed by atoms with E-state index in [-0.39, 0.29) is 16.5 Å². The molecule has 0 aliphatic heterocycles. The second-order valence-corrected chi connectivity index (χ2v) is 8.05. The minimum atomic E-state index is -3.69. The Morgan fingerprint density at radius 1 is 1.20 bits per heavy atom. The van der Waals surface area contributed by atoms with Crippen molar-refractivity contribution in [1.29, 1.82) is 0 Å². The summed E-state index contributed by atoms with van der Waals surface area (Å²) < 4.78 is 28.9. The average molecular weight is 400 g/mol. The van der Waals surface area contributed by atoms with Crippen molar-refractivity contribution in [3.05, 3.63) is 52.0 Å². The van der Waals surface area contributed by atoms with Crippen LogP contribution in [0.3, 0.4) is 0 Å². The summed E-state index contributed by atoms with van der Waals surface area (Å²) in [6.45, 7) is 2.00. The zero-order valence-electron chi connectivity index (χ0n) is 13.3. The molecule has 2 aromatic heterocycles. The van der Waals surface area contributed by atoms with Gasteiger partial charge in [0.1, 0.15) is 11.2 Å². The van der Waals surface area contributed by atoms with E-state index in [1.165, 1.54) is 18.5 Å². The average Bonchev–Trinajstić information content (AvgIpc) is 3.02. The highest BCUT2D eigenvalue weighted by Gasteiger charge is 2.18. The maximum Gasteiger partial charge on any atom is 0.252 e. The highest BCUT2D eigenvalue weighted by atomic mass is 35.5. The van der Waals surface area contributed by atoms with Gasteiger partial charge in [-0.25, -0.2) is 22.6 Å². The molecule has 0 atom stereocenters. The number of fused-ring (bicyclic) bond motifs is 1. The number of nitrogens with one attached hydrogen (secondary N) is 1. The zero-order valence-corrected chi connectivity index (χ0v) is 15.6.